The average Bonchev–Trinajstić information content (AvgIpc) is 2.96. The minimum atomic E-state index is -4.81. The van der Waals surface area contributed by atoms with Crippen LogP contribution in [0.5, 0.6) is 0 Å². The van der Waals surface area contributed by atoms with E-state index in [4.69, 9.17) is 4.74 Å². The van der Waals surface area contributed by atoms with E-state index in [9.17, 15) is 18.0 Å². The Balaban J connectivity index is 1.59. The normalized spacial score (nSPS) is 24.9. The number of hydrogen-bond acceptors (Lipinski definition) is 8. The van der Waals surface area contributed by atoms with E-state index < -0.39 is 46.1 Å². The highest BCUT2D eigenvalue weighted by atomic mass is 19.4. The van der Waals surface area contributed by atoms with Gasteiger partial charge in [0.25, 0.3) is 5.91 Å². The van der Waals surface area contributed by atoms with Crippen molar-refractivity contribution in [3.63, 3.8) is 0 Å². The molecule has 0 unspecified atom stereocenters. The average molecular weight is 622 g/mol. The van der Waals surface area contributed by atoms with Gasteiger partial charge in [-0.1, -0.05) is 6.08 Å². The molecule has 5 rings (SSSR count). The van der Waals surface area contributed by atoms with E-state index in [0.29, 0.717) is 26.2 Å². The third kappa shape index (κ3) is 6.36. The van der Waals surface area contributed by atoms with E-state index in [1.807, 2.05) is 39.6 Å². The van der Waals surface area contributed by atoms with Crippen molar-refractivity contribution in [2.45, 2.75) is 58.2 Å². The third-order valence-corrected chi connectivity index (χ3v) is 8.25. The van der Waals surface area contributed by atoms with E-state index in [0.717, 1.165) is 18.3 Å². The quantitative estimate of drug-likeness (QED) is 0.473. The molecule has 4 atom stereocenters. The van der Waals surface area contributed by atoms with Gasteiger partial charge in [-0.05, 0) is 40.8 Å². The number of aromatic nitrogens is 2. The molecule has 2 saturated heterocycles. The van der Waals surface area contributed by atoms with E-state index in [1.54, 1.807) is 4.90 Å². The molecule has 0 aliphatic carbocycles. The lowest BCUT2D eigenvalue weighted by Crippen LogP contribution is -2.55. The maximum atomic E-state index is 16.6. The van der Waals surface area contributed by atoms with Gasteiger partial charge in [0.15, 0.2) is 5.82 Å². The molecule has 0 radical (unpaired) electrons. The Hall–Kier alpha value is -3.78. The molecular formula is C30H36F5N7O2. The lowest BCUT2D eigenvalue weighted by Gasteiger charge is -2.44. The Bertz CT molecular complexity index is 1460. The Labute approximate surface area is 252 Å². The number of dihydropyridines is 1. The van der Waals surface area contributed by atoms with Crippen molar-refractivity contribution in [3.05, 3.63) is 53.4 Å². The lowest BCUT2D eigenvalue weighted by atomic mass is 10.0. The largest absolute Gasteiger partial charge is 0.416 e. The summed E-state index contributed by atoms with van der Waals surface area (Å²) in [4.78, 5) is 27.8. The molecule has 0 saturated carbocycles. The highest BCUT2D eigenvalue weighted by Crippen LogP contribution is 2.40. The van der Waals surface area contributed by atoms with Crippen LogP contribution in [0.25, 0.3) is 11.3 Å². The highest BCUT2D eigenvalue weighted by Gasteiger charge is 2.40. The summed E-state index contributed by atoms with van der Waals surface area (Å²) >= 11 is 0. The van der Waals surface area contributed by atoms with Crippen LogP contribution in [0, 0.1) is 11.6 Å². The Morgan fingerprint density at radius 2 is 1.70 bits per heavy atom. The number of halogens is 5. The second-order valence-electron chi connectivity index (χ2n) is 11.7. The van der Waals surface area contributed by atoms with Gasteiger partial charge in [0, 0.05) is 63.3 Å². The summed E-state index contributed by atoms with van der Waals surface area (Å²) in [6.45, 7) is 9.25. The van der Waals surface area contributed by atoms with E-state index in [2.05, 4.69) is 25.5 Å². The van der Waals surface area contributed by atoms with Crippen molar-refractivity contribution in [2.75, 3.05) is 54.9 Å². The maximum Gasteiger partial charge on any atom is 0.416 e. The molecule has 0 spiro atoms. The number of piperazine rings is 1. The number of hydrogen-bond donors (Lipinski definition) is 2. The van der Waals surface area contributed by atoms with Gasteiger partial charge in [0.05, 0.1) is 40.3 Å². The van der Waals surface area contributed by atoms with Crippen molar-refractivity contribution < 1.29 is 31.5 Å². The monoisotopic (exact) mass is 621 g/mol. The summed E-state index contributed by atoms with van der Waals surface area (Å²) in [6.07, 6.45) is -1.87. The third-order valence-electron chi connectivity index (χ3n) is 8.25. The van der Waals surface area contributed by atoms with Crippen molar-refractivity contribution >= 4 is 23.2 Å². The van der Waals surface area contributed by atoms with Crippen molar-refractivity contribution in [3.8, 4) is 11.3 Å². The molecule has 2 aromatic rings. The molecule has 3 aliphatic rings. The molecule has 2 fully saturated rings. The maximum absolute atomic E-state index is 16.6. The number of alkyl halides is 3. The number of carbonyl (C=O) groups is 1. The minimum absolute atomic E-state index is 0.0131. The fraction of sp³-hybridized carbons (Fsp3) is 0.500. The van der Waals surface area contributed by atoms with Gasteiger partial charge in [-0.25, -0.2) is 18.7 Å². The summed E-state index contributed by atoms with van der Waals surface area (Å²) in [5.41, 5.74) is -2.87. The number of ether oxygens (including phenoxy) is 1. The Kier molecular flexibility index (Phi) is 8.85. The van der Waals surface area contributed by atoms with Crippen LogP contribution < -0.4 is 20.4 Å². The summed E-state index contributed by atoms with van der Waals surface area (Å²) < 4.78 is 79.6. The Morgan fingerprint density at radius 3 is 2.34 bits per heavy atom. The number of benzene rings is 1. The predicted molar refractivity (Wildman–Crippen MR) is 157 cm³/mol. The van der Waals surface area contributed by atoms with Crippen LogP contribution in [0.1, 0.15) is 27.7 Å². The molecular weight excluding hydrogens is 585 g/mol. The first kappa shape index (κ1) is 31.6. The number of likely N-dealkylation sites (N-methyl/N-ethyl adjacent to an activating group) is 1. The summed E-state index contributed by atoms with van der Waals surface area (Å²) in [5, 5.41) is 4.96. The number of nitrogens with zero attached hydrogens (tertiary/aromatic N) is 5. The van der Waals surface area contributed by atoms with Crippen LogP contribution in [-0.4, -0.2) is 91.0 Å². The van der Waals surface area contributed by atoms with Gasteiger partial charge in [-0.2, -0.15) is 13.2 Å². The molecule has 14 heteroatoms. The lowest BCUT2D eigenvalue weighted by molar-refractivity contribution is -0.115. The topological polar surface area (TPSA) is 85.9 Å². The van der Waals surface area contributed by atoms with Gasteiger partial charge in [-0.3, -0.25) is 9.69 Å². The van der Waals surface area contributed by atoms with Crippen molar-refractivity contribution in [2.24, 2.45) is 0 Å². The standard InChI is InChI=1S/C30H36F5N7O2/c1-16-12-41(13-17(2)40(16)5)24-10-22(31)25(23-7-9-37-29(38-23)42-14-18(3)44-19(4)15-42)26(32)27(24)39-28(43)20-11-36-8-6-21(20)30(33,34)35/h6-7,9-11,16-19,36H,8,12-15H2,1-5H3,(H,39,43)/t16-,17+,18-,19+. The molecule has 2 N–H and O–H groups in total. The van der Waals surface area contributed by atoms with Crippen molar-refractivity contribution in [1.82, 2.24) is 20.2 Å². The second kappa shape index (κ2) is 12.3. The van der Waals surface area contributed by atoms with Crippen LogP contribution in [-0.2, 0) is 9.53 Å². The zero-order valence-corrected chi connectivity index (χ0v) is 25.2. The fourth-order valence-corrected chi connectivity index (χ4v) is 5.94. The van der Waals surface area contributed by atoms with Gasteiger partial charge in [-0.15, -0.1) is 0 Å². The number of anilines is 3. The van der Waals surface area contributed by atoms with Crippen LogP contribution in [0.3, 0.4) is 0 Å². The highest BCUT2D eigenvalue weighted by molar-refractivity contribution is 6.09. The van der Waals surface area contributed by atoms with Crippen LogP contribution >= 0.6 is 0 Å². The number of carbonyl (C=O) groups excluding carboxylic acids is 1. The zero-order chi connectivity index (χ0) is 31.9. The molecule has 238 valence electrons. The first-order valence-corrected chi connectivity index (χ1v) is 14.5. The SMILES string of the molecule is C[C@@H]1CN(c2nccc(-c3c(F)cc(N4C[C@@H](C)N(C)[C@@H](C)C4)c(NC(=O)C4=CNCC=C4C(F)(F)F)c3F)n2)C[C@H](C)O1. The predicted octanol–water partition coefficient (Wildman–Crippen LogP) is 4.48. The first-order valence-electron chi connectivity index (χ1n) is 14.5. The Morgan fingerprint density at radius 1 is 1.05 bits per heavy atom. The van der Waals surface area contributed by atoms with Gasteiger partial charge in [0.1, 0.15) is 11.5 Å². The van der Waals surface area contributed by atoms with Crippen molar-refractivity contribution in [1.29, 1.82) is 0 Å². The zero-order valence-electron chi connectivity index (χ0n) is 25.2. The smallest absolute Gasteiger partial charge is 0.387 e. The molecule has 9 nitrogen and oxygen atoms in total. The molecule has 1 amide bonds. The van der Waals surface area contributed by atoms with Crippen LogP contribution in [0.2, 0.25) is 0 Å². The number of morpholine rings is 1. The second-order valence-corrected chi connectivity index (χ2v) is 11.7. The fourth-order valence-electron chi connectivity index (χ4n) is 5.94. The number of nitrogens with one attached hydrogen (secondary N) is 2. The molecule has 4 heterocycles. The molecule has 44 heavy (non-hydrogen) atoms. The molecule has 3 aliphatic heterocycles. The van der Waals surface area contributed by atoms with Gasteiger partial charge in [0.2, 0.25) is 5.95 Å². The van der Waals surface area contributed by atoms with Gasteiger partial charge < -0.3 is 25.2 Å². The van der Waals surface area contributed by atoms with Gasteiger partial charge >= 0.3 is 6.18 Å². The van der Waals surface area contributed by atoms with E-state index in [-0.39, 0.29) is 48.2 Å². The molecule has 1 aromatic heterocycles. The summed E-state index contributed by atoms with van der Waals surface area (Å²) in [6, 6.07) is 2.43. The number of rotatable bonds is 5. The number of amides is 1. The minimum Gasteiger partial charge on any atom is -0.387 e. The summed E-state index contributed by atoms with van der Waals surface area (Å²) in [5.74, 6) is -3.02. The van der Waals surface area contributed by atoms with E-state index in [1.165, 1.54) is 12.3 Å². The molecule has 1 aromatic carbocycles. The van der Waals surface area contributed by atoms with Crippen LogP contribution in [0.4, 0.5) is 39.3 Å². The summed E-state index contributed by atoms with van der Waals surface area (Å²) in [7, 11) is 1.94. The van der Waals surface area contributed by atoms with Crippen LogP contribution in [0.15, 0.2) is 41.8 Å². The first-order chi connectivity index (χ1) is 20.7. The molecule has 0 bridgehead atoms. The van der Waals surface area contributed by atoms with E-state index >= 15 is 8.78 Å².